The predicted molar refractivity (Wildman–Crippen MR) is 70.8 cm³/mol. The van der Waals surface area contributed by atoms with Gasteiger partial charge in [0.15, 0.2) is 0 Å². The minimum atomic E-state index is -0.326. The van der Waals surface area contributed by atoms with Gasteiger partial charge in [0.05, 0.1) is 6.10 Å². The van der Waals surface area contributed by atoms with Gasteiger partial charge in [0.2, 0.25) is 0 Å². The Morgan fingerprint density at radius 1 is 1.33 bits per heavy atom. The van der Waals surface area contributed by atoms with E-state index in [0.717, 1.165) is 43.7 Å². The van der Waals surface area contributed by atoms with Crippen molar-refractivity contribution in [2.24, 2.45) is 5.92 Å². The summed E-state index contributed by atoms with van der Waals surface area (Å²) in [4.78, 5) is 0. The van der Waals surface area contributed by atoms with Gasteiger partial charge in [-0.3, -0.25) is 0 Å². The number of fused-ring (bicyclic) bond motifs is 1. The molecule has 0 aromatic heterocycles. The Balaban J connectivity index is 1.78. The van der Waals surface area contributed by atoms with E-state index in [2.05, 4.69) is 18.3 Å². The van der Waals surface area contributed by atoms with Crippen LogP contribution in [0.2, 0.25) is 0 Å². The van der Waals surface area contributed by atoms with Gasteiger partial charge in [-0.15, -0.1) is 0 Å². The summed E-state index contributed by atoms with van der Waals surface area (Å²) < 4.78 is 5.70. The molecule has 18 heavy (non-hydrogen) atoms. The summed E-state index contributed by atoms with van der Waals surface area (Å²) in [7, 11) is 0. The fourth-order valence-electron chi connectivity index (χ4n) is 3.06. The molecule has 3 heteroatoms. The Kier molecular flexibility index (Phi) is 3.27. The Hall–Kier alpha value is -1.06. The van der Waals surface area contributed by atoms with Crippen LogP contribution in [0.5, 0.6) is 5.75 Å². The molecule has 2 unspecified atom stereocenters. The molecule has 2 atom stereocenters. The number of rotatable bonds is 2. The van der Waals surface area contributed by atoms with Gasteiger partial charge in [-0.1, -0.05) is 6.07 Å². The molecule has 0 aliphatic carbocycles. The maximum absolute atomic E-state index is 10.5. The number of piperidine rings is 1. The lowest BCUT2D eigenvalue weighted by molar-refractivity contribution is 0.0889. The van der Waals surface area contributed by atoms with Crippen molar-refractivity contribution in [3.05, 3.63) is 29.3 Å². The molecule has 0 bridgehead atoms. The molecule has 98 valence electrons. The van der Waals surface area contributed by atoms with E-state index in [1.807, 2.05) is 12.1 Å². The highest BCUT2D eigenvalue weighted by Crippen LogP contribution is 2.34. The average Bonchev–Trinajstić information content (AvgIpc) is 2.78. The fraction of sp³-hybridized carbons (Fsp3) is 0.600. The summed E-state index contributed by atoms with van der Waals surface area (Å²) in [6, 6.07) is 6.16. The summed E-state index contributed by atoms with van der Waals surface area (Å²) in [6.07, 6.45) is 3.03. The van der Waals surface area contributed by atoms with Gasteiger partial charge in [0.25, 0.3) is 0 Å². The SMILES string of the molecule is CC1Cc2cc(C(O)C3CCNCC3)ccc2O1. The van der Waals surface area contributed by atoms with Gasteiger partial charge in [-0.05, 0) is 62.0 Å². The highest BCUT2D eigenvalue weighted by Gasteiger charge is 2.25. The van der Waals surface area contributed by atoms with Crippen molar-refractivity contribution in [1.29, 1.82) is 0 Å². The largest absolute Gasteiger partial charge is 0.490 e. The van der Waals surface area contributed by atoms with E-state index in [4.69, 9.17) is 4.74 Å². The number of nitrogens with one attached hydrogen (secondary N) is 1. The zero-order valence-corrected chi connectivity index (χ0v) is 10.9. The van der Waals surface area contributed by atoms with E-state index in [1.54, 1.807) is 0 Å². The summed E-state index contributed by atoms with van der Waals surface area (Å²) in [5, 5.41) is 13.8. The van der Waals surface area contributed by atoms with Crippen LogP contribution in [0.3, 0.4) is 0 Å². The lowest BCUT2D eigenvalue weighted by Crippen LogP contribution is -2.30. The van der Waals surface area contributed by atoms with Gasteiger partial charge in [-0.2, -0.15) is 0 Å². The maximum atomic E-state index is 10.5. The first kappa shape index (κ1) is 12.0. The van der Waals surface area contributed by atoms with Crippen LogP contribution in [0.4, 0.5) is 0 Å². The zero-order valence-electron chi connectivity index (χ0n) is 10.9. The summed E-state index contributed by atoms with van der Waals surface area (Å²) >= 11 is 0. The van der Waals surface area contributed by atoms with Crippen molar-refractivity contribution in [2.75, 3.05) is 13.1 Å². The molecule has 2 N–H and O–H groups in total. The minimum absolute atomic E-state index is 0.270. The van der Waals surface area contributed by atoms with Crippen LogP contribution in [0.15, 0.2) is 18.2 Å². The molecule has 0 radical (unpaired) electrons. The molecule has 0 spiro atoms. The number of ether oxygens (including phenoxy) is 1. The van der Waals surface area contributed by atoms with E-state index >= 15 is 0 Å². The Bertz CT molecular complexity index is 427. The van der Waals surface area contributed by atoms with Crippen LogP contribution < -0.4 is 10.1 Å². The van der Waals surface area contributed by atoms with Crippen LogP contribution in [0, 0.1) is 5.92 Å². The zero-order chi connectivity index (χ0) is 12.5. The van der Waals surface area contributed by atoms with Crippen molar-refractivity contribution in [1.82, 2.24) is 5.32 Å². The maximum Gasteiger partial charge on any atom is 0.123 e. The van der Waals surface area contributed by atoms with Crippen molar-refractivity contribution in [3.63, 3.8) is 0 Å². The van der Waals surface area contributed by atoms with E-state index in [1.165, 1.54) is 5.56 Å². The third kappa shape index (κ3) is 2.25. The van der Waals surface area contributed by atoms with E-state index in [9.17, 15) is 5.11 Å². The molecule has 1 saturated heterocycles. The Morgan fingerprint density at radius 2 is 2.11 bits per heavy atom. The minimum Gasteiger partial charge on any atom is -0.490 e. The van der Waals surface area contributed by atoms with Crippen molar-refractivity contribution < 1.29 is 9.84 Å². The molecular formula is C15H21NO2. The highest BCUT2D eigenvalue weighted by atomic mass is 16.5. The van der Waals surface area contributed by atoms with Crippen LogP contribution in [0.25, 0.3) is 0 Å². The van der Waals surface area contributed by atoms with E-state index in [0.29, 0.717) is 5.92 Å². The van der Waals surface area contributed by atoms with Gasteiger partial charge in [0, 0.05) is 6.42 Å². The third-order valence-corrected chi connectivity index (χ3v) is 4.09. The molecule has 3 rings (SSSR count). The quantitative estimate of drug-likeness (QED) is 0.840. The number of aliphatic hydroxyl groups is 1. The third-order valence-electron chi connectivity index (χ3n) is 4.09. The first-order valence-electron chi connectivity index (χ1n) is 6.92. The molecule has 0 amide bonds. The van der Waals surface area contributed by atoms with Crippen molar-refractivity contribution in [2.45, 2.75) is 38.4 Å². The molecule has 1 aromatic carbocycles. The second-order valence-electron chi connectivity index (χ2n) is 5.53. The monoisotopic (exact) mass is 247 g/mol. The van der Waals surface area contributed by atoms with Crippen LogP contribution in [0.1, 0.15) is 37.0 Å². The molecule has 1 aromatic rings. The van der Waals surface area contributed by atoms with Gasteiger partial charge >= 0.3 is 0 Å². The molecular weight excluding hydrogens is 226 g/mol. The van der Waals surface area contributed by atoms with Crippen molar-refractivity contribution in [3.8, 4) is 5.75 Å². The number of hydrogen-bond donors (Lipinski definition) is 2. The average molecular weight is 247 g/mol. The highest BCUT2D eigenvalue weighted by molar-refractivity contribution is 5.41. The molecule has 2 aliphatic heterocycles. The topological polar surface area (TPSA) is 41.5 Å². The first-order valence-corrected chi connectivity index (χ1v) is 6.92. The second kappa shape index (κ2) is 4.90. The van der Waals surface area contributed by atoms with Crippen LogP contribution >= 0.6 is 0 Å². The summed E-state index contributed by atoms with van der Waals surface area (Å²) in [6.45, 7) is 4.13. The number of benzene rings is 1. The molecule has 2 aliphatic rings. The Morgan fingerprint density at radius 3 is 2.89 bits per heavy atom. The lowest BCUT2D eigenvalue weighted by Gasteiger charge is -2.27. The molecule has 0 saturated carbocycles. The van der Waals surface area contributed by atoms with Crippen molar-refractivity contribution >= 4 is 0 Å². The second-order valence-corrected chi connectivity index (χ2v) is 5.53. The summed E-state index contributed by atoms with van der Waals surface area (Å²) in [5.41, 5.74) is 2.30. The summed E-state index contributed by atoms with van der Waals surface area (Å²) in [5.74, 6) is 1.38. The van der Waals surface area contributed by atoms with Gasteiger partial charge in [0.1, 0.15) is 11.9 Å². The fourth-order valence-corrected chi connectivity index (χ4v) is 3.06. The number of aliphatic hydroxyl groups excluding tert-OH is 1. The van der Waals surface area contributed by atoms with Crippen LogP contribution in [-0.4, -0.2) is 24.3 Å². The first-order chi connectivity index (χ1) is 8.74. The van der Waals surface area contributed by atoms with Gasteiger partial charge < -0.3 is 15.2 Å². The van der Waals surface area contributed by atoms with E-state index < -0.39 is 0 Å². The van der Waals surface area contributed by atoms with E-state index in [-0.39, 0.29) is 12.2 Å². The molecule has 1 fully saturated rings. The number of hydrogen-bond acceptors (Lipinski definition) is 3. The smallest absolute Gasteiger partial charge is 0.123 e. The van der Waals surface area contributed by atoms with Crippen LogP contribution in [-0.2, 0) is 6.42 Å². The molecule has 3 nitrogen and oxygen atoms in total. The van der Waals surface area contributed by atoms with Gasteiger partial charge in [-0.25, -0.2) is 0 Å². The Labute approximate surface area is 108 Å². The standard InChI is InChI=1S/C15H21NO2/c1-10-8-13-9-12(2-3-14(13)18-10)15(17)11-4-6-16-7-5-11/h2-3,9-11,15-17H,4-8H2,1H3. The predicted octanol–water partition coefficient (Wildman–Crippen LogP) is 2.04. The molecule has 2 heterocycles. The lowest BCUT2D eigenvalue weighted by atomic mass is 9.87. The normalized spacial score (nSPS) is 25.6.